The van der Waals surface area contributed by atoms with Gasteiger partial charge in [-0.25, -0.2) is 12.7 Å². The van der Waals surface area contributed by atoms with E-state index in [2.05, 4.69) is 5.10 Å². The maximum absolute atomic E-state index is 12.6. The number of hydrogen-bond donors (Lipinski definition) is 1. The average Bonchev–Trinajstić information content (AvgIpc) is 2.48. The highest BCUT2D eigenvalue weighted by Gasteiger charge is 2.40. The van der Waals surface area contributed by atoms with E-state index in [0.717, 1.165) is 15.5 Å². The van der Waals surface area contributed by atoms with E-state index in [1.165, 1.54) is 6.21 Å². The molecule has 1 aliphatic carbocycles. The molecule has 0 amide bonds. The second kappa shape index (κ2) is 5.16. The first-order valence-corrected chi connectivity index (χ1v) is 8.19. The Balaban J connectivity index is 1.93. The summed E-state index contributed by atoms with van der Waals surface area (Å²) in [5.74, 6) is 0. The van der Waals surface area contributed by atoms with Crippen LogP contribution in [0.5, 0.6) is 0 Å². The molecule has 0 fully saturated rings. The highest BCUT2D eigenvalue weighted by molar-refractivity contribution is 7.91. The molecule has 3 rings (SSSR count). The van der Waals surface area contributed by atoms with Crippen LogP contribution in [0.3, 0.4) is 0 Å². The lowest BCUT2D eigenvalue weighted by molar-refractivity contribution is 0.472. The van der Waals surface area contributed by atoms with E-state index in [0.29, 0.717) is 11.9 Å². The Bertz CT molecular complexity index is 755. The molecule has 0 spiro atoms. The molecule has 1 aromatic rings. The number of hydrogen-bond acceptors (Lipinski definition) is 4. The van der Waals surface area contributed by atoms with E-state index in [-0.39, 0.29) is 0 Å². The first-order chi connectivity index (χ1) is 10.00. The highest BCUT2D eigenvalue weighted by Crippen LogP contribution is 2.22. The van der Waals surface area contributed by atoms with Gasteiger partial charge in [-0.05, 0) is 24.4 Å². The Morgan fingerprint density at radius 3 is 2.86 bits per heavy atom. The van der Waals surface area contributed by atoms with Crippen LogP contribution in [0.25, 0.3) is 0 Å². The number of benzene rings is 1. The van der Waals surface area contributed by atoms with Crippen molar-refractivity contribution in [2.45, 2.75) is 18.6 Å². The van der Waals surface area contributed by atoms with Crippen LogP contribution < -0.4 is 5.46 Å². The van der Waals surface area contributed by atoms with E-state index in [4.69, 9.17) is 0 Å². The van der Waals surface area contributed by atoms with Gasteiger partial charge in [-0.3, -0.25) is 0 Å². The molecule has 21 heavy (non-hydrogen) atoms. The number of sulfonamides is 1. The lowest BCUT2D eigenvalue weighted by Gasteiger charge is -2.29. The quantitative estimate of drug-likeness (QED) is 0.815. The zero-order chi connectivity index (χ0) is 15.0. The van der Waals surface area contributed by atoms with Gasteiger partial charge in [0.25, 0.3) is 0 Å². The van der Waals surface area contributed by atoms with Gasteiger partial charge in [-0.1, -0.05) is 48.1 Å². The predicted molar refractivity (Wildman–Crippen MR) is 83.7 cm³/mol. The van der Waals surface area contributed by atoms with Gasteiger partial charge in [-0.15, -0.1) is 0 Å². The van der Waals surface area contributed by atoms with Crippen molar-refractivity contribution in [3.8, 4) is 0 Å². The van der Waals surface area contributed by atoms with Crippen LogP contribution in [0.2, 0.25) is 0 Å². The van der Waals surface area contributed by atoms with Crippen LogP contribution in [0.15, 0.2) is 53.2 Å². The third-order valence-electron chi connectivity index (χ3n) is 3.68. The Kier molecular flexibility index (Phi) is 3.47. The van der Waals surface area contributed by atoms with E-state index >= 15 is 0 Å². The molecule has 0 bridgehead atoms. The van der Waals surface area contributed by atoms with Crippen molar-refractivity contribution >= 4 is 28.8 Å². The largest absolute Gasteiger partial charge is 0.484 e. The van der Waals surface area contributed by atoms with Crippen molar-refractivity contribution in [3.05, 3.63) is 53.6 Å². The van der Waals surface area contributed by atoms with Gasteiger partial charge in [0.05, 0.1) is 6.21 Å². The summed E-state index contributed by atoms with van der Waals surface area (Å²) >= 11 is 0. The standard InChI is InChI=1S/C14H15BN2O3S/c1-11-6-8-13(9-7-11)21(19,20)17-15(18)14-5-3-2-4-12(14)10-16-17/h2-8,10,13,18H,9H2,1H3. The van der Waals surface area contributed by atoms with Crippen molar-refractivity contribution in [2.75, 3.05) is 0 Å². The molecule has 1 heterocycles. The summed E-state index contributed by atoms with van der Waals surface area (Å²) in [5.41, 5.74) is 2.31. The molecule has 0 aromatic heterocycles. The summed E-state index contributed by atoms with van der Waals surface area (Å²) < 4.78 is 26.1. The van der Waals surface area contributed by atoms with E-state index in [1.54, 1.807) is 30.4 Å². The first kappa shape index (κ1) is 14.1. The molecule has 1 N–H and O–H groups in total. The van der Waals surface area contributed by atoms with Crippen LogP contribution in [0.1, 0.15) is 18.9 Å². The van der Waals surface area contributed by atoms with Gasteiger partial charge in [0.1, 0.15) is 5.25 Å². The molecule has 0 radical (unpaired) electrons. The van der Waals surface area contributed by atoms with Crippen molar-refractivity contribution in [2.24, 2.45) is 5.10 Å². The maximum atomic E-state index is 12.6. The second-order valence-corrected chi connectivity index (χ2v) is 7.16. The molecular formula is C14H15BN2O3S. The van der Waals surface area contributed by atoms with Gasteiger partial charge in [0.2, 0.25) is 10.0 Å². The minimum absolute atomic E-state index is 0.394. The molecular weight excluding hydrogens is 287 g/mol. The van der Waals surface area contributed by atoms with Gasteiger partial charge >= 0.3 is 7.05 Å². The number of fused-ring (bicyclic) bond motifs is 1. The molecule has 1 atom stereocenters. The molecule has 7 heteroatoms. The average molecular weight is 302 g/mol. The fourth-order valence-electron chi connectivity index (χ4n) is 2.44. The van der Waals surface area contributed by atoms with Crippen molar-refractivity contribution in [1.29, 1.82) is 0 Å². The molecule has 1 aliphatic heterocycles. The third-order valence-corrected chi connectivity index (χ3v) is 5.61. The van der Waals surface area contributed by atoms with Crippen LogP contribution in [-0.4, -0.2) is 36.3 Å². The molecule has 2 aliphatic rings. The van der Waals surface area contributed by atoms with Crippen molar-refractivity contribution < 1.29 is 13.4 Å². The number of hydrazone groups is 1. The molecule has 0 saturated heterocycles. The summed E-state index contributed by atoms with van der Waals surface area (Å²) in [6.07, 6.45) is 7.15. The first-order valence-electron chi connectivity index (χ1n) is 6.69. The number of nitrogens with zero attached hydrogens (tertiary/aromatic N) is 2. The lowest BCUT2D eigenvalue weighted by atomic mass is 9.72. The monoisotopic (exact) mass is 302 g/mol. The maximum Gasteiger partial charge on any atom is 0.484 e. The lowest BCUT2D eigenvalue weighted by Crippen LogP contribution is -2.54. The molecule has 0 saturated carbocycles. The molecule has 1 aromatic carbocycles. The SMILES string of the molecule is CC1=CCC(S(=O)(=O)N2N=Cc3ccccc3B2O)C=C1. The van der Waals surface area contributed by atoms with Crippen LogP contribution in [0, 0.1) is 0 Å². The summed E-state index contributed by atoms with van der Waals surface area (Å²) in [6.45, 7) is 1.92. The van der Waals surface area contributed by atoms with Crippen molar-refractivity contribution in [1.82, 2.24) is 4.33 Å². The van der Waals surface area contributed by atoms with Gasteiger partial charge in [-0.2, -0.15) is 5.10 Å². The smallest absolute Gasteiger partial charge is 0.427 e. The third kappa shape index (κ3) is 2.43. The second-order valence-electron chi connectivity index (χ2n) is 5.15. The fraction of sp³-hybridized carbons (Fsp3) is 0.214. The van der Waals surface area contributed by atoms with Crippen LogP contribution in [-0.2, 0) is 10.0 Å². The summed E-state index contributed by atoms with van der Waals surface area (Å²) in [5, 5.41) is 13.6. The summed E-state index contributed by atoms with van der Waals surface area (Å²) in [4.78, 5) is 0. The van der Waals surface area contributed by atoms with E-state index < -0.39 is 22.3 Å². The zero-order valence-corrected chi connectivity index (χ0v) is 12.4. The van der Waals surface area contributed by atoms with E-state index in [1.807, 2.05) is 19.1 Å². The Hall–Kier alpha value is -1.86. The summed E-state index contributed by atoms with van der Waals surface area (Å²) in [7, 11) is -5.03. The Morgan fingerprint density at radius 2 is 2.14 bits per heavy atom. The van der Waals surface area contributed by atoms with E-state index in [9.17, 15) is 13.4 Å². The number of allylic oxidation sites excluding steroid dienone is 3. The normalized spacial score (nSPS) is 21.2. The van der Waals surface area contributed by atoms with Crippen LogP contribution >= 0.6 is 0 Å². The molecule has 1 unspecified atom stereocenters. The Labute approximate surface area is 124 Å². The topological polar surface area (TPSA) is 70.0 Å². The van der Waals surface area contributed by atoms with Crippen molar-refractivity contribution in [3.63, 3.8) is 0 Å². The molecule has 5 nitrogen and oxygen atoms in total. The highest BCUT2D eigenvalue weighted by atomic mass is 32.2. The number of rotatable bonds is 2. The van der Waals surface area contributed by atoms with Gasteiger partial charge in [0.15, 0.2) is 0 Å². The minimum Gasteiger partial charge on any atom is -0.427 e. The Morgan fingerprint density at radius 1 is 1.38 bits per heavy atom. The van der Waals surface area contributed by atoms with Gasteiger partial charge in [0, 0.05) is 0 Å². The van der Waals surface area contributed by atoms with Crippen LogP contribution in [0.4, 0.5) is 0 Å². The fourth-order valence-corrected chi connectivity index (χ4v) is 3.90. The van der Waals surface area contributed by atoms with Gasteiger partial charge < -0.3 is 5.02 Å². The molecule has 108 valence electrons. The summed E-state index contributed by atoms with van der Waals surface area (Å²) in [6, 6.07) is 7.07. The minimum atomic E-state index is -3.75. The predicted octanol–water partition coefficient (Wildman–Crippen LogP) is 0.628. The zero-order valence-electron chi connectivity index (χ0n) is 11.5.